The van der Waals surface area contributed by atoms with Crippen LogP contribution in [0.25, 0.3) is 0 Å². The lowest BCUT2D eigenvalue weighted by Crippen LogP contribution is -2.53. The van der Waals surface area contributed by atoms with Gasteiger partial charge >= 0.3 is 11.9 Å². The average Bonchev–Trinajstić information content (AvgIpc) is 3.24. The molecule has 2 aromatic rings. The van der Waals surface area contributed by atoms with Crippen molar-refractivity contribution in [3.63, 3.8) is 0 Å². The molecule has 3 fully saturated rings. The molecule has 8 nitrogen and oxygen atoms in total. The largest absolute Gasteiger partial charge is 0.462 e. The van der Waals surface area contributed by atoms with Crippen molar-refractivity contribution in [1.29, 1.82) is 0 Å². The maximum atomic E-state index is 14.1. The maximum absolute atomic E-state index is 14.1. The summed E-state index contributed by atoms with van der Waals surface area (Å²) in [6.07, 6.45) is 7.09. The molecule has 0 bridgehead atoms. The summed E-state index contributed by atoms with van der Waals surface area (Å²) in [7, 11) is 0. The van der Waals surface area contributed by atoms with Crippen LogP contribution in [-0.2, 0) is 41.5 Å². The molecule has 0 aliphatic heterocycles. The monoisotopic (exact) mass is 640 g/mol. The van der Waals surface area contributed by atoms with Gasteiger partial charge in [-0.2, -0.15) is 0 Å². The minimum absolute atomic E-state index is 0.0536. The summed E-state index contributed by atoms with van der Waals surface area (Å²) in [5.74, 6) is -1.19. The molecule has 6 atom stereocenters. The number of rotatable bonds is 12. The molecule has 6 unspecified atom stereocenters. The molecule has 2 N–H and O–H groups in total. The van der Waals surface area contributed by atoms with Crippen LogP contribution in [0, 0.1) is 23.7 Å². The molecule has 0 heterocycles. The lowest BCUT2D eigenvalue weighted by molar-refractivity contribution is -0.149. The van der Waals surface area contributed by atoms with Crippen molar-refractivity contribution in [3.05, 3.63) is 84.0 Å². The summed E-state index contributed by atoms with van der Waals surface area (Å²) in [6, 6.07) is 16.0. The van der Waals surface area contributed by atoms with Crippen LogP contribution in [0.1, 0.15) is 69.9 Å². The van der Waals surface area contributed by atoms with Crippen LogP contribution in [0.3, 0.4) is 0 Å². The van der Waals surface area contributed by atoms with Gasteiger partial charge in [-0.15, -0.1) is 0 Å². The van der Waals surface area contributed by atoms with Gasteiger partial charge in [-0.25, -0.2) is 9.59 Å². The van der Waals surface area contributed by atoms with Gasteiger partial charge in [0.1, 0.15) is 11.6 Å². The van der Waals surface area contributed by atoms with E-state index >= 15 is 0 Å². The van der Waals surface area contributed by atoms with Gasteiger partial charge in [0.2, 0.25) is 0 Å². The topological polar surface area (TPSA) is 111 Å². The molecule has 3 aliphatic rings. The summed E-state index contributed by atoms with van der Waals surface area (Å²) >= 11 is 0. The third-order valence-corrected chi connectivity index (χ3v) is 10.00. The van der Waals surface area contributed by atoms with Crippen molar-refractivity contribution < 1.29 is 28.7 Å². The molecule has 0 spiro atoms. The first-order valence-corrected chi connectivity index (χ1v) is 17.0. The summed E-state index contributed by atoms with van der Waals surface area (Å²) < 4.78 is 10.5. The first kappa shape index (κ1) is 34.1. The van der Waals surface area contributed by atoms with E-state index in [0.29, 0.717) is 37.0 Å². The number of hydrogen-bond donors (Lipinski definition) is 2. The molecular weight excluding hydrogens is 592 g/mol. The number of anilines is 2. The summed E-state index contributed by atoms with van der Waals surface area (Å²) in [5, 5.41) is 7.34. The second-order valence-corrected chi connectivity index (χ2v) is 13.6. The Bertz CT molecular complexity index is 1480. The Morgan fingerprint density at radius 3 is 1.68 bits per heavy atom. The molecule has 0 saturated heterocycles. The molecule has 8 heteroatoms. The highest BCUT2D eigenvalue weighted by Gasteiger charge is 2.53. The van der Waals surface area contributed by atoms with Crippen molar-refractivity contribution in [1.82, 2.24) is 0 Å². The number of ketones is 2. The Balaban J connectivity index is 1.26. The number of carbonyl (C=O) groups excluding carboxylic acids is 4. The van der Waals surface area contributed by atoms with Crippen LogP contribution >= 0.6 is 0 Å². The first-order valence-electron chi connectivity index (χ1n) is 17.0. The number of hydrogen-bond acceptors (Lipinski definition) is 8. The highest BCUT2D eigenvalue weighted by atomic mass is 16.5. The van der Waals surface area contributed by atoms with Crippen LogP contribution < -0.4 is 10.6 Å². The van der Waals surface area contributed by atoms with E-state index in [-0.39, 0.29) is 65.9 Å². The van der Waals surface area contributed by atoms with Crippen molar-refractivity contribution in [2.24, 2.45) is 23.7 Å². The van der Waals surface area contributed by atoms with Crippen LogP contribution in [0.4, 0.5) is 11.4 Å². The van der Waals surface area contributed by atoms with Crippen molar-refractivity contribution in [2.45, 2.75) is 83.7 Å². The zero-order chi connectivity index (χ0) is 33.5. The zero-order valence-corrected chi connectivity index (χ0v) is 27.7. The fraction of sp³-hybridized carbons (Fsp3) is 0.487. The third-order valence-electron chi connectivity index (χ3n) is 10.00. The van der Waals surface area contributed by atoms with E-state index in [1.165, 1.54) is 0 Å². The molecule has 0 radical (unpaired) electrons. The molecule has 0 aromatic heterocycles. The number of Topliss-reactive ketones (excluding diaryl/α,β-unsaturated/α-hetero) is 2. The highest BCUT2D eigenvalue weighted by Crippen LogP contribution is 2.46. The Morgan fingerprint density at radius 2 is 1.17 bits per heavy atom. The molecule has 3 saturated carbocycles. The van der Waals surface area contributed by atoms with E-state index in [0.717, 1.165) is 61.0 Å². The number of carbonyl (C=O) groups is 4. The second kappa shape index (κ2) is 15.6. The lowest BCUT2D eigenvalue weighted by atomic mass is 9.59. The molecule has 5 rings (SSSR count). The Kier molecular flexibility index (Phi) is 11.3. The smallest absolute Gasteiger partial charge is 0.333 e. The van der Waals surface area contributed by atoms with Gasteiger partial charge in [0.05, 0.1) is 13.2 Å². The SMILES string of the molecule is C=C(C)C(=O)OCCc1ccc(NC2CCC(Nc3ccc(CCOC(=O)C(=C)C)cc3)C3C(=O)C4CCCCC4C(=O)C3C2)cc1. The van der Waals surface area contributed by atoms with Gasteiger partial charge in [0, 0.05) is 71.1 Å². The predicted octanol–water partition coefficient (Wildman–Crippen LogP) is 6.65. The van der Waals surface area contributed by atoms with Crippen molar-refractivity contribution in [3.8, 4) is 0 Å². The Morgan fingerprint density at radius 1 is 0.681 bits per heavy atom. The minimum Gasteiger partial charge on any atom is -0.462 e. The minimum atomic E-state index is -0.387. The van der Waals surface area contributed by atoms with Gasteiger partial charge in [0.15, 0.2) is 0 Å². The van der Waals surface area contributed by atoms with Crippen LogP contribution in [0.15, 0.2) is 72.8 Å². The highest BCUT2D eigenvalue weighted by molar-refractivity contribution is 6.00. The number of ether oxygens (including phenoxy) is 2. The van der Waals surface area contributed by atoms with E-state index in [1.54, 1.807) is 13.8 Å². The van der Waals surface area contributed by atoms with Gasteiger partial charge in [-0.1, -0.05) is 50.3 Å². The van der Waals surface area contributed by atoms with Crippen molar-refractivity contribution >= 4 is 34.9 Å². The molecule has 47 heavy (non-hydrogen) atoms. The van der Waals surface area contributed by atoms with Gasteiger partial charge in [-0.3, -0.25) is 9.59 Å². The van der Waals surface area contributed by atoms with E-state index in [4.69, 9.17) is 9.47 Å². The Labute approximate surface area is 278 Å². The second-order valence-electron chi connectivity index (χ2n) is 13.6. The molecule has 250 valence electrons. The van der Waals surface area contributed by atoms with Gasteiger partial charge in [-0.05, 0) is 81.3 Å². The number of benzene rings is 2. The standard InChI is InChI=1S/C39H48N2O6/c1-24(2)38(44)46-21-19-26-9-13-28(14-10-26)40-30-17-18-34(35-33(23-30)36(42)31-7-5-6-8-32(31)37(35)43)41-29-15-11-27(12-16-29)20-22-47-39(45)25(3)4/h9-16,30-35,40-41H,1,3,5-8,17-23H2,2,4H3. The molecular formula is C39H48N2O6. The van der Waals surface area contributed by atoms with Crippen molar-refractivity contribution in [2.75, 3.05) is 23.8 Å². The average molecular weight is 641 g/mol. The predicted molar refractivity (Wildman–Crippen MR) is 183 cm³/mol. The first-order chi connectivity index (χ1) is 22.6. The number of esters is 2. The van der Waals surface area contributed by atoms with E-state index < -0.39 is 0 Å². The molecule has 0 amide bonds. The zero-order valence-electron chi connectivity index (χ0n) is 27.7. The van der Waals surface area contributed by atoms with Gasteiger partial charge < -0.3 is 20.1 Å². The molecule has 2 aromatic carbocycles. The van der Waals surface area contributed by atoms with Crippen LogP contribution in [-0.4, -0.2) is 48.8 Å². The van der Waals surface area contributed by atoms with Gasteiger partial charge in [0.25, 0.3) is 0 Å². The van der Waals surface area contributed by atoms with Crippen LogP contribution in [0.5, 0.6) is 0 Å². The third kappa shape index (κ3) is 8.59. The van der Waals surface area contributed by atoms with Crippen LogP contribution in [0.2, 0.25) is 0 Å². The fourth-order valence-corrected chi connectivity index (χ4v) is 7.48. The number of nitrogens with one attached hydrogen (secondary N) is 2. The van der Waals surface area contributed by atoms with E-state index in [1.807, 2.05) is 48.5 Å². The van der Waals surface area contributed by atoms with E-state index in [9.17, 15) is 19.2 Å². The summed E-state index contributed by atoms with van der Waals surface area (Å²) in [5.41, 5.74) is 4.76. The summed E-state index contributed by atoms with van der Waals surface area (Å²) in [4.78, 5) is 51.6. The summed E-state index contributed by atoms with van der Waals surface area (Å²) in [6.45, 7) is 11.1. The normalized spacial score (nSPS) is 25.4. The Hall–Kier alpha value is -4.20. The maximum Gasteiger partial charge on any atom is 0.333 e. The molecule has 3 aliphatic carbocycles. The quantitative estimate of drug-likeness (QED) is 0.196. The number of fused-ring (bicyclic) bond motifs is 2. The fourth-order valence-electron chi connectivity index (χ4n) is 7.48. The van der Waals surface area contributed by atoms with E-state index in [2.05, 4.69) is 23.8 Å². The lowest BCUT2D eigenvalue weighted by Gasteiger charge is -2.43.